The van der Waals surface area contributed by atoms with Crippen molar-refractivity contribution in [2.45, 2.75) is 6.10 Å². The first kappa shape index (κ1) is 13.3. The first-order chi connectivity index (χ1) is 8.70. The second kappa shape index (κ2) is 6.15. The van der Waals surface area contributed by atoms with E-state index in [0.717, 1.165) is 3.57 Å². The highest BCUT2D eigenvalue weighted by atomic mass is 127. The quantitative estimate of drug-likeness (QED) is 0.850. The number of halogens is 2. The fourth-order valence-corrected chi connectivity index (χ4v) is 2.19. The van der Waals surface area contributed by atoms with E-state index in [4.69, 9.17) is 10.5 Å². The number of rotatable bonds is 4. The summed E-state index contributed by atoms with van der Waals surface area (Å²) in [6.07, 6.45) is -0.468. The van der Waals surface area contributed by atoms with Crippen molar-refractivity contribution in [3.63, 3.8) is 0 Å². The minimum atomic E-state index is -0.468. The van der Waals surface area contributed by atoms with Crippen LogP contribution in [0.15, 0.2) is 48.5 Å². The molecule has 18 heavy (non-hydrogen) atoms. The minimum Gasteiger partial charge on any atom is -0.484 e. The molecular formula is C14H13FINO. The van der Waals surface area contributed by atoms with Gasteiger partial charge in [-0.05, 0) is 46.9 Å². The van der Waals surface area contributed by atoms with Crippen LogP contribution in [0.2, 0.25) is 0 Å². The van der Waals surface area contributed by atoms with E-state index in [-0.39, 0.29) is 12.4 Å². The second-order valence-corrected chi connectivity index (χ2v) is 5.07. The molecule has 0 saturated carbocycles. The van der Waals surface area contributed by atoms with Crippen LogP contribution in [0.4, 0.5) is 4.39 Å². The third-order valence-corrected chi connectivity index (χ3v) is 3.21. The molecule has 0 fully saturated rings. The van der Waals surface area contributed by atoms with Crippen LogP contribution in [0.1, 0.15) is 11.7 Å². The smallest absolute Gasteiger partial charge is 0.139 e. The zero-order chi connectivity index (χ0) is 13.0. The van der Waals surface area contributed by atoms with Gasteiger partial charge in [0.1, 0.15) is 17.7 Å². The zero-order valence-corrected chi connectivity index (χ0v) is 11.8. The van der Waals surface area contributed by atoms with E-state index in [2.05, 4.69) is 22.6 Å². The largest absolute Gasteiger partial charge is 0.484 e. The summed E-state index contributed by atoms with van der Waals surface area (Å²) >= 11 is 2.20. The van der Waals surface area contributed by atoms with E-state index in [0.29, 0.717) is 11.3 Å². The minimum absolute atomic E-state index is 0.229. The molecule has 2 aromatic carbocycles. The Morgan fingerprint density at radius 1 is 1.17 bits per heavy atom. The van der Waals surface area contributed by atoms with Gasteiger partial charge in [-0.2, -0.15) is 0 Å². The van der Waals surface area contributed by atoms with E-state index >= 15 is 0 Å². The van der Waals surface area contributed by atoms with Crippen molar-refractivity contribution in [3.05, 3.63) is 63.5 Å². The summed E-state index contributed by atoms with van der Waals surface area (Å²) in [5.41, 5.74) is 6.15. The zero-order valence-electron chi connectivity index (χ0n) is 9.64. The van der Waals surface area contributed by atoms with Crippen LogP contribution in [-0.2, 0) is 0 Å². The van der Waals surface area contributed by atoms with Crippen LogP contribution in [-0.4, -0.2) is 6.54 Å². The predicted octanol–water partition coefficient (Wildman–Crippen LogP) is 3.51. The molecule has 0 bridgehead atoms. The predicted molar refractivity (Wildman–Crippen MR) is 78.0 cm³/mol. The molecule has 0 aliphatic heterocycles. The maximum atomic E-state index is 13.7. The molecule has 0 spiro atoms. The van der Waals surface area contributed by atoms with Crippen LogP contribution in [0.25, 0.3) is 0 Å². The Morgan fingerprint density at radius 3 is 2.61 bits per heavy atom. The molecule has 2 rings (SSSR count). The van der Waals surface area contributed by atoms with E-state index in [1.807, 2.05) is 24.3 Å². The molecule has 0 heterocycles. The summed E-state index contributed by atoms with van der Waals surface area (Å²) in [6.45, 7) is 0.229. The molecule has 4 heteroatoms. The Balaban J connectivity index is 2.23. The Kier molecular flexibility index (Phi) is 4.54. The standard InChI is InChI=1S/C14H13FINO/c15-13-7-2-1-6-12(13)14(9-17)18-11-5-3-4-10(16)8-11/h1-8,14H,9,17H2. The third kappa shape index (κ3) is 3.20. The van der Waals surface area contributed by atoms with E-state index < -0.39 is 6.10 Å². The molecule has 2 nitrogen and oxygen atoms in total. The Morgan fingerprint density at radius 2 is 1.94 bits per heavy atom. The lowest BCUT2D eigenvalue weighted by Crippen LogP contribution is -2.19. The average molecular weight is 357 g/mol. The van der Waals surface area contributed by atoms with Crippen molar-refractivity contribution in [2.24, 2.45) is 5.73 Å². The number of hydrogen-bond acceptors (Lipinski definition) is 2. The van der Waals surface area contributed by atoms with Crippen LogP contribution in [0.5, 0.6) is 5.75 Å². The highest BCUT2D eigenvalue weighted by Crippen LogP contribution is 2.24. The van der Waals surface area contributed by atoms with Crippen LogP contribution < -0.4 is 10.5 Å². The highest BCUT2D eigenvalue weighted by Gasteiger charge is 2.15. The lowest BCUT2D eigenvalue weighted by atomic mass is 10.1. The molecule has 2 aromatic rings. The molecule has 0 aromatic heterocycles. The molecule has 1 atom stereocenters. The van der Waals surface area contributed by atoms with Crippen LogP contribution >= 0.6 is 22.6 Å². The molecule has 0 aliphatic rings. The monoisotopic (exact) mass is 357 g/mol. The van der Waals surface area contributed by atoms with E-state index in [1.165, 1.54) is 6.07 Å². The first-order valence-electron chi connectivity index (χ1n) is 5.57. The Labute approximate surface area is 119 Å². The van der Waals surface area contributed by atoms with Crippen LogP contribution in [0, 0.1) is 9.39 Å². The van der Waals surface area contributed by atoms with Gasteiger partial charge in [0, 0.05) is 15.7 Å². The van der Waals surface area contributed by atoms with Crippen molar-refractivity contribution >= 4 is 22.6 Å². The normalized spacial score (nSPS) is 12.2. The van der Waals surface area contributed by atoms with Crippen molar-refractivity contribution in [2.75, 3.05) is 6.54 Å². The number of benzene rings is 2. The topological polar surface area (TPSA) is 35.2 Å². The lowest BCUT2D eigenvalue weighted by molar-refractivity contribution is 0.209. The molecule has 0 amide bonds. The summed E-state index contributed by atoms with van der Waals surface area (Å²) in [5.74, 6) is 0.402. The molecular weight excluding hydrogens is 344 g/mol. The van der Waals surface area contributed by atoms with Gasteiger partial charge in [0.2, 0.25) is 0 Å². The lowest BCUT2D eigenvalue weighted by Gasteiger charge is -2.18. The van der Waals surface area contributed by atoms with Crippen molar-refractivity contribution in [3.8, 4) is 5.75 Å². The van der Waals surface area contributed by atoms with Crippen molar-refractivity contribution < 1.29 is 9.13 Å². The van der Waals surface area contributed by atoms with Gasteiger partial charge < -0.3 is 10.5 Å². The number of hydrogen-bond donors (Lipinski definition) is 1. The maximum Gasteiger partial charge on any atom is 0.139 e. The highest BCUT2D eigenvalue weighted by molar-refractivity contribution is 14.1. The van der Waals surface area contributed by atoms with E-state index in [1.54, 1.807) is 18.2 Å². The van der Waals surface area contributed by atoms with Crippen molar-refractivity contribution in [1.29, 1.82) is 0 Å². The van der Waals surface area contributed by atoms with Crippen LogP contribution in [0.3, 0.4) is 0 Å². The molecule has 0 aliphatic carbocycles. The van der Waals surface area contributed by atoms with Gasteiger partial charge in [0.25, 0.3) is 0 Å². The van der Waals surface area contributed by atoms with Gasteiger partial charge in [-0.25, -0.2) is 4.39 Å². The molecule has 2 N–H and O–H groups in total. The second-order valence-electron chi connectivity index (χ2n) is 3.82. The molecule has 94 valence electrons. The summed E-state index contributed by atoms with van der Waals surface area (Å²) < 4.78 is 20.5. The molecule has 0 radical (unpaired) electrons. The van der Waals surface area contributed by atoms with Gasteiger partial charge in [-0.3, -0.25) is 0 Å². The first-order valence-corrected chi connectivity index (χ1v) is 6.65. The van der Waals surface area contributed by atoms with Gasteiger partial charge >= 0.3 is 0 Å². The Bertz CT molecular complexity index is 533. The average Bonchev–Trinajstić information content (AvgIpc) is 2.37. The van der Waals surface area contributed by atoms with Crippen molar-refractivity contribution in [1.82, 2.24) is 0 Å². The summed E-state index contributed by atoms with van der Waals surface area (Å²) in [7, 11) is 0. The Hall–Kier alpha value is -1.14. The molecule has 1 unspecified atom stereocenters. The summed E-state index contributed by atoms with van der Waals surface area (Å²) in [4.78, 5) is 0. The third-order valence-electron chi connectivity index (χ3n) is 2.54. The van der Waals surface area contributed by atoms with Gasteiger partial charge in [0.05, 0.1) is 0 Å². The fourth-order valence-electron chi connectivity index (χ4n) is 1.68. The SMILES string of the molecule is NCC(Oc1cccc(I)c1)c1ccccc1F. The fraction of sp³-hybridized carbons (Fsp3) is 0.143. The number of ether oxygens (including phenoxy) is 1. The number of nitrogens with two attached hydrogens (primary N) is 1. The van der Waals surface area contributed by atoms with Gasteiger partial charge in [0.15, 0.2) is 0 Å². The van der Waals surface area contributed by atoms with Gasteiger partial charge in [-0.1, -0.05) is 24.3 Å². The summed E-state index contributed by atoms with van der Waals surface area (Å²) in [6, 6.07) is 14.1. The summed E-state index contributed by atoms with van der Waals surface area (Å²) in [5, 5.41) is 0. The maximum absolute atomic E-state index is 13.7. The van der Waals surface area contributed by atoms with Gasteiger partial charge in [-0.15, -0.1) is 0 Å². The molecule has 0 saturated heterocycles. The van der Waals surface area contributed by atoms with E-state index in [9.17, 15) is 4.39 Å².